The standard InChI is InChI=1S/C27H30ClN3O4S/c1-15-8-7-11-17(28)21(15)30-24(34)22-27-13-12-26(2,36-27)19(23(33)29-3)20(27)25(35)31(22)18(14-32)16-9-5-4-6-10-16/h4-11,18-20,22,32H,12-14H2,1-3H3,(H,29,33)(H,30,34)/t18-,19+,20+,22?,26-,27?/m1/s1. The van der Waals surface area contributed by atoms with Crippen molar-refractivity contribution in [3.05, 3.63) is 64.7 Å². The summed E-state index contributed by atoms with van der Waals surface area (Å²) in [5, 5.41) is 16.7. The first kappa shape index (κ1) is 25.1. The Morgan fingerprint density at radius 3 is 2.53 bits per heavy atom. The Hall–Kier alpha value is -2.55. The number of para-hydroxylation sites is 1. The molecule has 36 heavy (non-hydrogen) atoms. The van der Waals surface area contributed by atoms with Crippen molar-refractivity contribution in [2.45, 2.75) is 48.3 Å². The van der Waals surface area contributed by atoms with Crippen LogP contribution in [0.15, 0.2) is 48.5 Å². The van der Waals surface area contributed by atoms with Gasteiger partial charge in [0.25, 0.3) is 0 Å². The average molecular weight is 528 g/mol. The Kier molecular flexibility index (Phi) is 6.34. The van der Waals surface area contributed by atoms with E-state index in [-0.39, 0.29) is 24.3 Å². The van der Waals surface area contributed by atoms with Crippen molar-refractivity contribution in [2.75, 3.05) is 19.0 Å². The summed E-state index contributed by atoms with van der Waals surface area (Å²) in [6, 6.07) is 13.0. The number of hydrogen-bond donors (Lipinski definition) is 3. The largest absolute Gasteiger partial charge is 0.394 e. The van der Waals surface area contributed by atoms with Crippen molar-refractivity contribution in [3.8, 4) is 0 Å². The summed E-state index contributed by atoms with van der Waals surface area (Å²) in [7, 11) is 1.58. The first-order valence-corrected chi connectivity index (χ1v) is 13.3. The van der Waals surface area contributed by atoms with Crippen LogP contribution in [0.5, 0.6) is 0 Å². The minimum atomic E-state index is -0.885. The van der Waals surface area contributed by atoms with Crippen molar-refractivity contribution in [3.63, 3.8) is 0 Å². The predicted octanol–water partition coefficient (Wildman–Crippen LogP) is 3.55. The summed E-state index contributed by atoms with van der Waals surface area (Å²) < 4.78 is -1.24. The number of halogens is 1. The van der Waals surface area contributed by atoms with Crippen LogP contribution in [-0.4, -0.2) is 56.9 Å². The van der Waals surface area contributed by atoms with E-state index in [1.165, 1.54) is 4.90 Å². The van der Waals surface area contributed by atoms with Gasteiger partial charge in [0.1, 0.15) is 6.04 Å². The van der Waals surface area contributed by atoms with Crippen LogP contribution in [0, 0.1) is 18.8 Å². The zero-order chi connectivity index (χ0) is 25.8. The lowest BCUT2D eigenvalue weighted by Gasteiger charge is -2.37. The Balaban J connectivity index is 1.64. The molecule has 3 N–H and O–H groups in total. The number of aliphatic hydroxyl groups is 1. The molecular formula is C27H30ClN3O4S. The number of benzene rings is 2. The van der Waals surface area contributed by atoms with Crippen molar-refractivity contribution in [1.82, 2.24) is 10.2 Å². The molecule has 7 nitrogen and oxygen atoms in total. The summed E-state index contributed by atoms with van der Waals surface area (Å²) in [5.41, 5.74) is 2.04. The highest BCUT2D eigenvalue weighted by atomic mass is 35.5. The molecule has 3 aliphatic heterocycles. The highest BCUT2D eigenvalue weighted by Crippen LogP contribution is 2.72. The third kappa shape index (κ3) is 3.56. The lowest BCUT2D eigenvalue weighted by molar-refractivity contribution is -0.142. The number of anilines is 1. The molecule has 190 valence electrons. The van der Waals surface area contributed by atoms with Crippen LogP contribution in [0.2, 0.25) is 5.02 Å². The minimum absolute atomic E-state index is 0.187. The normalized spacial score (nSPS) is 31.3. The second-order valence-corrected chi connectivity index (χ2v) is 12.4. The summed E-state index contributed by atoms with van der Waals surface area (Å²) >= 11 is 8.02. The number of thioether (sulfide) groups is 1. The van der Waals surface area contributed by atoms with Gasteiger partial charge in [0.15, 0.2) is 0 Å². The van der Waals surface area contributed by atoms with Gasteiger partial charge in [-0.15, -0.1) is 11.8 Å². The van der Waals surface area contributed by atoms with Crippen LogP contribution >= 0.6 is 23.4 Å². The Morgan fingerprint density at radius 1 is 1.17 bits per heavy atom. The van der Waals surface area contributed by atoms with Crippen molar-refractivity contribution in [1.29, 1.82) is 0 Å². The second kappa shape index (κ2) is 9.08. The maximum Gasteiger partial charge on any atom is 0.248 e. The molecule has 2 unspecified atom stereocenters. The molecule has 2 bridgehead atoms. The van der Waals surface area contributed by atoms with E-state index in [0.29, 0.717) is 17.1 Å². The maximum atomic E-state index is 14.2. The smallest absolute Gasteiger partial charge is 0.248 e. The molecule has 1 spiro atoms. The van der Waals surface area contributed by atoms with Crippen LogP contribution in [0.4, 0.5) is 5.69 Å². The molecule has 0 aliphatic carbocycles. The van der Waals surface area contributed by atoms with Gasteiger partial charge in [-0.3, -0.25) is 14.4 Å². The van der Waals surface area contributed by atoms with E-state index in [1.54, 1.807) is 24.9 Å². The van der Waals surface area contributed by atoms with Crippen LogP contribution in [-0.2, 0) is 14.4 Å². The number of nitrogens with zero attached hydrogens (tertiary/aromatic N) is 1. The molecule has 2 aromatic rings. The number of carbonyl (C=O) groups is 3. The number of fused-ring (bicyclic) bond motifs is 1. The molecule has 3 fully saturated rings. The number of carbonyl (C=O) groups excluding carboxylic acids is 3. The topological polar surface area (TPSA) is 98.7 Å². The van der Waals surface area contributed by atoms with Gasteiger partial charge >= 0.3 is 0 Å². The third-order valence-corrected chi connectivity index (χ3v) is 10.5. The Labute approximate surface area is 220 Å². The van der Waals surface area contributed by atoms with Gasteiger partial charge in [0, 0.05) is 11.8 Å². The van der Waals surface area contributed by atoms with E-state index in [4.69, 9.17) is 11.6 Å². The van der Waals surface area contributed by atoms with Crippen molar-refractivity contribution in [2.24, 2.45) is 11.8 Å². The summed E-state index contributed by atoms with van der Waals surface area (Å²) in [6.45, 7) is 3.54. The first-order valence-electron chi connectivity index (χ1n) is 12.1. The van der Waals surface area contributed by atoms with Crippen molar-refractivity contribution < 1.29 is 19.5 Å². The van der Waals surface area contributed by atoms with E-state index in [0.717, 1.165) is 17.5 Å². The fourth-order valence-corrected chi connectivity index (χ4v) is 9.18. The zero-order valence-corrected chi connectivity index (χ0v) is 22.0. The molecule has 9 heteroatoms. The number of amides is 3. The molecule has 0 aromatic heterocycles. The van der Waals surface area contributed by atoms with Crippen LogP contribution in [0.25, 0.3) is 0 Å². The molecular weight excluding hydrogens is 498 g/mol. The molecule has 3 aliphatic rings. The van der Waals surface area contributed by atoms with Crippen molar-refractivity contribution >= 4 is 46.8 Å². The maximum absolute atomic E-state index is 14.2. The SMILES string of the molecule is CNC(=O)[C@@H]1[C@H]2C(=O)N([C@H](CO)c3ccccc3)C(C(=O)Nc3c(C)cccc3Cl)C23CC[C@@]1(C)S3. The number of rotatable bonds is 6. The molecule has 0 saturated carbocycles. The van der Waals surface area contributed by atoms with E-state index >= 15 is 0 Å². The highest BCUT2D eigenvalue weighted by molar-refractivity contribution is 8.02. The third-order valence-electron chi connectivity index (χ3n) is 8.15. The first-order chi connectivity index (χ1) is 17.2. The summed E-state index contributed by atoms with van der Waals surface area (Å²) in [5.74, 6) is -2.04. The summed E-state index contributed by atoms with van der Waals surface area (Å²) in [4.78, 5) is 43.0. The van der Waals surface area contributed by atoms with Gasteiger partial charge in [-0.1, -0.05) is 54.1 Å². The molecule has 3 amide bonds. The quantitative estimate of drug-likeness (QED) is 0.533. The fourth-order valence-electron chi connectivity index (χ4n) is 6.57. The molecule has 3 heterocycles. The Bertz CT molecular complexity index is 1210. The minimum Gasteiger partial charge on any atom is -0.394 e. The number of aryl methyl sites for hydroxylation is 1. The van der Waals surface area contributed by atoms with Crippen LogP contribution < -0.4 is 10.6 Å². The Morgan fingerprint density at radius 2 is 1.89 bits per heavy atom. The highest BCUT2D eigenvalue weighted by Gasteiger charge is 2.77. The second-order valence-electron chi connectivity index (χ2n) is 10.1. The van der Waals surface area contributed by atoms with Gasteiger partial charge < -0.3 is 20.6 Å². The van der Waals surface area contributed by atoms with Gasteiger partial charge in [-0.2, -0.15) is 0 Å². The summed E-state index contributed by atoms with van der Waals surface area (Å²) in [6.07, 6.45) is 1.35. The molecule has 3 saturated heterocycles. The number of likely N-dealkylation sites (tertiary alicyclic amines) is 1. The fraction of sp³-hybridized carbons (Fsp3) is 0.444. The lowest BCUT2D eigenvalue weighted by atomic mass is 9.66. The molecule has 2 aromatic carbocycles. The number of aliphatic hydroxyl groups excluding tert-OH is 1. The van der Waals surface area contributed by atoms with Gasteiger partial charge in [-0.25, -0.2) is 0 Å². The lowest BCUT2D eigenvalue weighted by Crippen LogP contribution is -2.53. The van der Waals surface area contributed by atoms with Crippen LogP contribution in [0.1, 0.15) is 36.9 Å². The van der Waals surface area contributed by atoms with E-state index < -0.39 is 33.4 Å². The van der Waals surface area contributed by atoms with Crippen LogP contribution in [0.3, 0.4) is 0 Å². The predicted molar refractivity (Wildman–Crippen MR) is 141 cm³/mol. The van der Waals surface area contributed by atoms with E-state index in [1.807, 2.05) is 56.3 Å². The monoisotopic (exact) mass is 527 g/mol. The molecule has 5 rings (SSSR count). The number of nitrogens with one attached hydrogen (secondary N) is 2. The molecule has 6 atom stereocenters. The number of hydrogen-bond acceptors (Lipinski definition) is 5. The zero-order valence-electron chi connectivity index (χ0n) is 20.5. The average Bonchev–Trinajstić information content (AvgIpc) is 3.43. The van der Waals surface area contributed by atoms with E-state index in [9.17, 15) is 19.5 Å². The van der Waals surface area contributed by atoms with Gasteiger partial charge in [0.2, 0.25) is 17.7 Å². The molecule has 0 radical (unpaired) electrons. The van der Waals surface area contributed by atoms with E-state index in [2.05, 4.69) is 10.6 Å². The van der Waals surface area contributed by atoms with Gasteiger partial charge in [-0.05, 0) is 43.9 Å². The van der Waals surface area contributed by atoms with Gasteiger partial charge in [0.05, 0.1) is 39.9 Å².